The van der Waals surface area contributed by atoms with Crippen molar-refractivity contribution in [1.82, 2.24) is 0 Å². The number of primary amides is 1. The molecule has 1 aromatic heterocycles. The van der Waals surface area contributed by atoms with E-state index in [0.29, 0.717) is 10.6 Å². The molecule has 0 aliphatic heterocycles. The molecule has 1 atom stereocenters. The Morgan fingerprint density at radius 2 is 1.89 bits per heavy atom. The molecular weight excluding hydrogens is 284 g/mol. The zero-order chi connectivity index (χ0) is 13.8. The summed E-state index contributed by atoms with van der Waals surface area (Å²) in [5.74, 6) is -0.972. The molecule has 3 N–H and O–H groups in total. The lowest BCUT2D eigenvalue weighted by Crippen LogP contribution is -2.19. The number of carbonyl (C=O) groups is 2. The van der Waals surface area contributed by atoms with E-state index in [1.54, 1.807) is 35.7 Å². The van der Waals surface area contributed by atoms with Crippen LogP contribution in [0.25, 0.3) is 0 Å². The molecule has 1 heterocycles. The number of rotatable bonds is 4. The second kappa shape index (κ2) is 5.86. The minimum atomic E-state index is -0.816. The summed E-state index contributed by atoms with van der Waals surface area (Å²) in [4.78, 5) is 23.1. The van der Waals surface area contributed by atoms with Crippen LogP contribution in [0, 0.1) is 0 Å². The molecule has 98 valence electrons. The predicted octanol–water partition coefficient (Wildman–Crippen LogP) is 2.77. The second-order valence-corrected chi connectivity index (χ2v) is 5.14. The van der Waals surface area contributed by atoms with Gasteiger partial charge in [0, 0.05) is 0 Å². The van der Waals surface area contributed by atoms with Crippen molar-refractivity contribution >= 4 is 39.8 Å². The zero-order valence-corrected chi connectivity index (χ0v) is 11.4. The summed E-state index contributed by atoms with van der Waals surface area (Å²) in [6, 6.07) is 10.5. The highest BCUT2D eigenvalue weighted by molar-refractivity contribution is 7.14. The molecule has 1 unspecified atom stereocenters. The lowest BCUT2D eigenvalue weighted by Gasteiger charge is -2.10. The number of hydrogen-bond acceptors (Lipinski definition) is 3. The Bertz CT molecular complexity index is 598. The Morgan fingerprint density at radius 1 is 1.21 bits per heavy atom. The number of alkyl halides is 1. The third-order valence-electron chi connectivity index (χ3n) is 2.49. The molecule has 0 saturated carbocycles. The molecule has 0 aliphatic rings. The van der Waals surface area contributed by atoms with Crippen molar-refractivity contribution in [2.45, 2.75) is 5.38 Å². The summed E-state index contributed by atoms with van der Waals surface area (Å²) in [6.07, 6.45) is 0. The number of halogens is 1. The third kappa shape index (κ3) is 3.13. The summed E-state index contributed by atoms with van der Waals surface area (Å²) in [5, 5.41) is 3.90. The molecule has 0 aliphatic carbocycles. The monoisotopic (exact) mass is 294 g/mol. The molecular formula is C13H11ClN2O2S. The Labute approximate surface area is 119 Å². The first-order valence-electron chi connectivity index (χ1n) is 5.47. The fraction of sp³-hybridized carbons (Fsp3) is 0.0769. The Morgan fingerprint density at radius 3 is 2.53 bits per heavy atom. The van der Waals surface area contributed by atoms with E-state index in [0.717, 1.165) is 0 Å². The topological polar surface area (TPSA) is 72.2 Å². The van der Waals surface area contributed by atoms with Gasteiger partial charge in [0.15, 0.2) is 0 Å². The molecule has 2 amide bonds. The zero-order valence-electron chi connectivity index (χ0n) is 9.80. The largest absolute Gasteiger partial charge is 0.366 e. The van der Waals surface area contributed by atoms with Crippen molar-refractivity contribution in [1.29, 1.82) is 0 Å². The molecule has 0 spiro atoms. The van der Waals surface area contributed by atoms with Gasteiger partial charge in [-0.2, -0.15) is 0 Å². The molecule has 2 aromatic rings. The average Bonchev–Trinajstić information content (AvgIpc) is 2.87. The number of thiophene rings is 1. The number of carbonyl (C=O) groups excluding carboxylic acids is 2. The first-order valence-corrected chi connectivity index (χ1v) is 6.78. The molecule has 0 fully saturated rings. The number of hydrogen-bond donors (Lipinski definition) is 2. The van der Waals surface area contributed by atoms with Crippen LogP contribution in [0.2, 0.25) is 0 Å². The Balaban J connectivity index is 2.13. The van der Waals surface area contributed by atoms with Gasteiger partial charge in [-0.15, -0.1) is 22.9 Å². The normalized spacial score (nSPS) is 11.8. The fourth-order valence-corrected chi connectivity index (χ4v) is 2.54. The van der Waals surface area contributed by atoms with Gasteiger partial charge in [0.05, 0.1) is 5.56 Å². The number of nitrogens with two attached hydrogens (primary N) is 1. The Hall–Kier alpha value is -1.85. The predicted molar refractivity (Wildman–Crippen MR) is 76.5 cm³/mol. The quantitative estimate of drug-likeness (QED) is 0.851. The minimum Gasteiger partial charge on any atom is -0.366 e. The molecule has 2 rings (SSSR count). The molecule has 0 radical (unpaired) electrons. The smallest absolute Gasteiger partial charge is 0.251 e. The summed E-state index contributed by atoms with van der Waals surface area (Å²) < 4.78 is 0. The first-order chi connectivity index (χ1) is 9.09. The Kier molecular flexibility index (Phi) is 4.19. The van der Waals surface area contributed by atoms with Crippen molar-refractivity contribution in [3.8, 4) is 0 Å². The maximum atomic E-state index is 12.0. The highest BCUT2D eigenvalue weighted by atomic mass is 35.5. The molecule has 0 saturated heterocycles. The number of benzene rings is 1. The van der Waals surface area contributed by atoms with Crippen molar-refractivity contribution in [2.75, 3.05) is 5.32 Å². The van der Waals surface area contributed by atoms with E-state index in [2.05, 4.69) is 5.32 Å². The lowest BCUT2D eigenvalue weighted by atomic mass is 10.1. The summed E-state index contributed by atoms with van der Waals surface area (Å²) in [7, 11) is 0. The fourth-order valence-electron chi connectivity index (χ4n) is 1.55. The van der Waals surface area contributed by atoms with E-state index in [9.17, 15) is 9.59 Å². The highest BCUT2D eigenvalue weighted by Crippen LogP contribution is 2.26. The van der Waals surface area contributed by atoms with E-state index in [-0.39, 0.29) is 5.56 Å². The molecule has 6 heteroatoms. The maximum absolute atomic E-state index is 12.0. The van der Waals surface area contributed by atoms with Gasteiger partial charge < -0.3 is 11.1 Å². The van der Waals surface area contributed by atoms with E-state index in [1.165, 1.54) is 11.3 Å². The van der Waals surface area contributed by atoms with Crippen LogP contribution in [0.4, 0.5) is 5.00 Å². The van der Waals surface area contributed by atoms with Crippen molar-refractivity contribution < 1.29 is 9.59 Å². The van der Waals surface area contributed by atoms with Crippen molar-refractivity contribution in [2.24, 2.45) is 5.73 Å². The van der Waals surface area contributed by atoms with Crippen LogP contribution in [0.1, 0.15) is 21.3 Å². The van der Waals surface area contributed by atoms with Gasteiger partial charge in [-0.1, -0.05) is 30.3 Å². The van der Waals surface area contributed by atoms with Crippen LogP contribution in [0.15, 0.2) is 41.8 Å². The van der Waals surface area contributed by atoms with Gasteiger partial charge in [-0.3, -0.25) is 9.59 Å². The number of amides is 2. The molecule has 0 bridgehead atoms. The van der Waals surface area contributed by atoms with Crippen LogP contribution in [-0.4, -0.2) is 11.8 Å². The average molecular weight is 295 g/mol. The summed E-state index contributed by atoms with van der Waals surface area (Å²) in [6.45, 7) is 0. The SMILES string of the molecule is NC(=O)c1ccsc1NC(=O)C(Cl)c1ccccc1. The minimum absolute atomic E-state index is 0.287. The molecule has 19 heavy (non-hydrogen) atoms. The molecule has 1 aromatic carbocycles. The van der Waals surface area contributed by atoms with Gasteiger partial charge in [-0.05, 0) is 17.0 Å². The van der Waals surface area contributed by atoms with Gasteiger partial charge in [0.2, 0.25) is 5.91 Å². The van der Waals surface area contributed by atoms with Crippen LogP contribution >= 0.6 is 22.9 Å². The third-order valence-corrected chi connectivity index (χ3v) is 3.77. The number of anilines is 1. The van der Waals surface area contributed by atoms with Crippen LogP contribution in [-0.2, 0) is 4.79 Å². The van der Waals surface area contributed by atoms with E-state index >= 15 is 0 Å². The summed E-state index contributed by atoms with van der Waals surface area (Å²) in [5.41, 5.74) is 6.19. The van der Waals surface area contributed by atoms with Gasteiger partial charge in [-0.25, -0.2) is 0 Å². The lowest BCUT2D eigenvalue weighted by molar-refractivity contribution is -0.115. The van der Waals surface area contributed by atoms with E-state index < -0.39 is 17.2 Å². The number of nitrogens with one attached hydrogen (secondary N) is 1. The van der Waals surface area contributed by atoms with Crippen molar-refractivity contribution in [3.05, 3.63) is 52.9 Å². The second-order valence-electron chi connectivity index (χ2n) is 3.79. The van der Waals surface area contributed by atoms with E-state index in [4.69, 9.17) is 17.3 Å². The van der Waals surface area contributed by atoms with Crippen molar-refractivity contribution in [3.63, 3.8) is 0 Å². The highest BCUT2D eigenvalue weighted by Gasteiger charge is 2.20. The van der Waals surface area contributed by atoms with Crippen LogP contribution in [0.5, 0.6) is 0 Å². The molecule has 4 nitrogen and oxygen atoms in total. The van der Waals surface area contributed by atoms with E-state index in [1.807, 2.05) is 6.07 Å². The van der Waals surface area contributed by atoms with Crippen LogP contribution < -0.4 is 11.1 Å². The standard InChI is InChI=1S/C13H11ClN2O2S/c14-10(8-4-2-1-3-5-8)12(18)16-13-9(11(15)17)6-7-19-13/h1-7,10H,(H2,15,17)(H,16,18). The first kappa shape index (κ1) is 13.6. The maximum Gasteiger partial charge on any atom is 0.251 e. The van der Waals surface area contributed by atoms with Gasteiger partial charge >= 0.3 is 0 Å². The van der Waals surface area contributed by atoms with Crippen LogP contribution in [0.3, 0.4) is 0 Å². The van der Waals surface area contributed by atoms with Gasteiger partial charge in [0.1, 0.15) is 10.4 Å². The van der Waals surface area contributed by atoms with Gasteiger partial charge in [0.25, 0.3) is 5.91 Å². The summed E-state index contributed by atoms with van der Waals surface area (Å²) >= 11 is 7.31.